The van der Waals surface area contributed by atoms with Crippen LogP contribution < -0.4 is 0 Å². The Kier molecular flexibility index (Phi) is 7.80. The van der Waals surface area contributed by atoms with Crippen molar-refractivity contribution in [3.05, 3.63) is 30.1 Å². The van der Waals surface area contributed by atoms with Crippen molar-refractivity contribution in [1.82, 2.24) is 9.55 Å². The normalized spacial score (nSPS) is 11.1. The van der Waals surface area contributed by atoms with Crippen LogP contribution in [0.5, 0.6) is 0 Å². The summed E-state index contributed by atoms with van der Waals surface area (Å²) in [6, 6.07) is 5.57. The Bertz CT molecular complexity index is 634. The third kappa shape index (κ3) is 5.36. The number of imidazole rings is 1. The zero-order chi connectivity index (χ0) is 17.2. The number of nitrogens with zero attached hydrogens (tertiary/aromatic N) is 2. The van der Waals surface area contributed by atoms with Crippen molar-refractivity contribution in [3.8, 4) is 0 Å². The number of fused-ring (bicyclic) bond motifs is 1. The van der Waals surface area contributed by atoms with Crippen LogP contribution in [0, 0.1) is 0 Å². The van der Waals surface area contributed by atoms with Crippen LogP contribution in [0.4, 0.5) is 0 Å². The molecule has 2 rings (SSSR count). The van der Waals surface area contributed by atoms with Gasteiger partial charge in [0, 0.05) is 6.54 Å². The zero-order valence-electron chi connectivity index (χ0n) is 15.1. The Morgan fingerprint density at radius 2 is 1.75 bits per heavy atom. The number of carbonyl (C=O) groups excluding carboxylic acids is 1. The summed E-state index contributed by atoms with van der Waals surface area (Å²) in [6.45, 7) is 5.43. The van der Waals surface area contributed by atoms with Gasteiger partial charge in [-0.3, -0.25) is 0 Å². The highest BCUT2D eigenvalue weighted by molar-refractivity contribution is 5.93. The van der Waals surface area contributed by atoms with E-state index in [4.69, 9.17) is 4.74 Å². The first-order valence-corrected chi connectivity index (χ1v) is 9.38. The number of ether oxygens (including phenoxy) is 1. The number of aryl methyl sites for hydroxylation is 1. The van der Waals surface area contributed by atoms with E-state index in [2.05, 4.69) is 16.5 Å². The van der Waals surface area contributed by atoms with Crippen molar-refractivity contribution in [1.29, 1.82) is 0 Å². The van der Waals surface area contributed by atoms with Crippen molar-refractivity contribution in [2.45, 2.75) is 71.8 Å². The van der Waals surface area contributed by atoms with Gasteiger partial charge in [-0.15, -0.1) is 0 Å². The fourth-order valence-electron chi connectivity index (χ4n) is 2.99. The molecule has 0 N–H and O–H groups in total. The number of rotatable bonds is 11. The molecule has 0 radical (unpaired) electrons. The monoisotopic (exact) mass is 330 g/mol. The molecular weight excluding hydrogens is 300 g/mol. The highest BCUT2D eigenvalue weighted by atomic mass is 16.5. The molecule has 4 nitrogen and oxygen atoms in total. The summed E-state index contributed by atoms with van der Waals surface area (Å²) in [7, 11) is 0. The van der Waals surface area contributed by atoms with Gasteiger partial charge in [0.05, 0.1) is 29.5 Å². The summed E-state index contributed by atoms with van der Waals surface area (Å²) < 4.78 is 7.23. The van der Waals surface area contributed by atoms with Crippen LogP contribution in [0.1, 0.15) is 75.6 Å². The maximum atomic E-state index is 11.9. The van der Waals surface area contributed by atoms with Gasteiger partial charge in [-0.1, -0.05) is 51.9 Å². The Labute approximate surface area is 145 Å². The average Bonchev–Trinajstić information content (AvgIpc) is 3.00. The first-order chi connectivity index (χ1) is 11.8. The van der Waals surface area contributed by atoms with Gasteiger partial charge in [-0.25, -0.2) is 9.78 Å². The van der Waals surface area contributed by atoms with Crippen LogP contribution in [0.15, 0.2) is 24.5 Å². The third-order valence-corrected chi connectivity index (χ3v) is 4.38. The SMILES string of the molecule is CCCCCCCCCCn1cnc2ccc(C(=O)OCC)cc21. The topological polar surface area (TPSA) is 44.1 Å². The van der Waals surface area contributed by atoms with E-state index in [9.17, 15) is 4.79 Å². The van der Waals surface area contributed by atoms with Crippen molar-refractivity contribution in [2.24, 2.45) is 0 Å². The number of benzene rings is 1. The average molecular weight is 330 g/mol. The van der Waals surface area contributed by atoms with Gasteiger partial charge >= 0.3 is 5.97 Å². The van der Waals surface area contributed by atoms with E-state index in [0.29, 0.717) is 12.2 Å². The van der Waals surface area contributed by atoms with E-state index in [0.717, 1.165) is 24.0 Å². The quantitative estimate of drug-likeness (QED) is 0.412. The van der Waals surface area contributed by atoms with Crippen LogP contribution in [-0.2, 0) is 11.3 Å². The Morgan fingerprint density at radius 3 is 2.46 bits per heavy atom. The molecule has 1 aromatic heterocycles. The number of aromatic nitrogens is 2. The highest BCUT2D eigenvalue weighted by Crippen LogP contribution is 2.17. The van der Waals surface area contributed by atoms with Crippen molar-refractivity contribution in [3.63, 3.8) is 0 Å². The second kappa shape index (κ2) is 10.1. The first kappa shape index (κ1) is 18.5. The predicted octanol–water partition coefficient (Wildman–Crippen LogP) is 5.35. The van der Waals surface area contributed by atoms with Crippen LogP contribution in [0.25, 0.3) is 11.0 Å². The Morgan fingerprint density at radius 1 is 1.04 bits per heavy atom. The largest absolute Gasteiger partial charge is 0.462 e. The van der Waals surface area contributed by atoms with Crippen LogP contribution in [-0.4, -0.2) is 22.1 Å². The molecule has 0 aliphatic rings. The van der Waals surface area contributed by atoms with Gasteiger partial charge in [-0.05, 0) is 31.5 Å². The maximum absolute atomic E-state index is 11.9. The molecule has 1 heterocycles. The van der Waals surface area contributed by atoms with Gasteiger partial charge in [0.25, 0.3) is 0 Å². The summed E-state index contributed by atoms with van der Waals surface area (Å²) in [5, 5.41) is 0. The van der Waals surface area contributed by atoms with Gasteiger partial charge in [0.1, 0.15) is 0 Å². The van der Waals surface area contributed by atoms with E-state index in [1.807, 2.05) is 25.4 Å². The lowest BCUT2D eigenvalue weighted by atomic mass is 10.1. The number of carbonyl (C=O) groups is 1. The minimum absolute atomic E-state index is 0.265. The summed E-state index contributed by atoms with van der Waals surface area (Å²) in [4.78, 5) is 16.3. The van der Waals surface area contributed by atoms with Gasteiger partial charge in [-0.2, -0.15) is 0 Å². The molecule has 0 aliphatic heterocycles. The molecule has 0 fully saturated rings. The molecular formula is C20H30N2O2. The number of unbranched alkanes of at least 4 members (excludes halogenated alkanes) is 7. The van der Waals surface area contributed by atoms with Gasteiger partial charge in [0.15, 0.2) is 0 Å². The highest BCUT2D eigenvalue weighted by Gasteiger charge is 2.10. The third-order valence-electron chi connectivity index (χ3n) is 4.38. The smallest absolute Gasteiger partial charge is 0.338 e. The van der Waals surface area contributed by atoms with Gasteiger partial charge in [0.2, 0.25) is 0 Å². The second-order valence-corrected chi connectivity index (χ2v) is 6.34. The minimum Gasteiger partial charge on any atom is -0.462 e. The molecule has 0 saturated heterocycles. The van der Waals surface area contributed by atoms with Crippen molar-refractivity contribution >= 4 is 17.0 Å². The fourth-order valence-corrected chi connectivity index (χ4v) is 2.99. The Hall–Kier alpha value is -1.84. The van der Waals surface area contributed by atoms with Crippen molar-refractivity contribution < 1.29 is 9.53 Å². The number of hydrogen-bond donors (Lipinski definition) is 0. The van der Waals surface area contributed by atoms with E-state index in [1.54, 1.807) is 6.07 Å². The number of hydrogen-bond acceptors (Lipinski definition) is 3. The lowest BCUT2D eigenvalue weighted by Crippen LogP contribution is -2.05. The molecule has 24 heavy (non-hydrogen) atoms. The molecule has 4 heteroatoms. The standard InChI is InChI=1S/C20H30N2O2/c1-3-5-6-7-8-9-10-11-14-22-16-21-18-13-12-17(15-19(18)22)20(23)24-4-2/h12-13,15-16H,3-11,14H2,1-2H3. The minimum atomic E-state index is -0.265. The fraction of sp³-hybridized carbons (Fsp3) is 0.600. The maximum Gasteiger partial charge on any atom is 0.338 e. The van der Waals surface area contributed by atoms with E-state index < -0.39 is 0 Å². The zero-order valence-corrected chi connectivity index (χ0v) is 15.1. The summed E-state index contributed by atoms with van der Waals surface area (Å²) >= 11 is 0. The molecule has 0 amide bonds. The molecule has 0 atom stereocenters. The summed E-state index contributed by atoms with van der Waals surface area (Å²) in [5.74, 6) is -0.265. The van der Waals surface area contributed by atoms with E-state index >= 15 is 0 Å². The molecule has 0 saturated carbocycles. The first-order valence-electron chi connectivity index (χ1n) is 9.38. The molecule has 2 aromatic rings. The van der Waals surface area contributed by atoms with Crippen molar-refractivity contribution in [2.75, 3.05) is 6.61 Å². The van der Waals surface area contributed by atoms with Gasteiger partial charge < -0.3 is 9.30 Å². The molecule has 0 spiro atoms. The predicted molar refractivity (Wildman–Crippen MR) is 98.3 cm³/mol. The van der Waals surface area contributed by atoms with Crippen LogP contribution >= 0.6 is 0 Å². The van der Waals surface area contributed by atoms with E-state index in [1.165, 1.54) is 44.9 Å². The molecule has 0 aliphatic carbocycles. The summed E-state index contributed by atoms with van der Waals surface area (Å²) in [5.41, 5.74) is 2.55. The second-order valence-electron chi connectivity index (χ2n) is 6.34. The van der Waals surface area contributed by atoms with Crippen LogP contribution in [0.2, 0.25) is 0 Å². The molecule has 0 unspecified atom stereocenters. The molecule has 132 valence electrons. The number of esters is 1. The van der Waals surface area contributed by atoms with E-state index in [-0.39, 0.29) is 5.97 Å². The lowest BCUT2D eigenvalue weighted by Gasteiger charge is -2.06. The summed E-state index contributed by atoms with van der Waals surface area (Å²) in [6.07, 6.45) is 12.4. The molecule has 1 aromatic carbocycles. The Balaban J connectivity index is 1.83. The lowest BCUT2D eigenvalue weighted by molar-refractivity contribution is 0.0526. The van der Waals surface area contributed by atoms with Crippen LogP contribution in [0.3, 0.4) is 0 Å². The molecule has 0 bridgehead atoms.